The van der Waals surface area contributed by atoms with E-state index in [9.17, 15) is 9.59 Å². The molecule has 0 spiro atoms. The van der Waals surface area contributed by atoms with Gasteiger partial charge in [-0.2, -0.15) is 5.10 Å². The number of anilines is 2. The van der Waals surface area contributed by atoms with Crippen molar-refractivity contribution in [2.75, 3.05) is 29.9 Å². The van der Waals surface area contributed by atoms with Crippen molar-refractivity contribution < 1.29 is 0 Å². The average molecular weight is 344 g/mol. The lowest BCUT2D eigenvalue weighted by molar-refractivity contribution is 0.484. The summed E-state index contributed by atoms with van der Waals surface area (Å²) in [6.45, 7) is 7.84. The van der Waals surface area contributed by atoms with E-state index in [-0.39, 0.29) is 17.0 Å². The van der Waals surface area contributed by atoms with Crippen molar-refractivity contribution in [1.29, 1.82) is 0 Å². The zero-order valence-electron chi connectivity index (χ0n) is 15.3. The molecule has 2 aromatic heterocycles. The van der Waals surface area contributed by atoms with Crippen molar-refractivity contribution in [1.82, 2.24) is 19.7 Å². The standard InChI is InChI=1S/C17H24N6O2/c1-17(2,3)12-6-7-13(20-19-12)23-9-11(10-23)21(4)14-8-15(24)22(5)16(25)18-14/h6-8,11H,9-10H2,1-5H3,(H,18,25). The minimum Gasteiger partial charge on any atom is -0.354 e. The van der Waals surface area contributed by atoms with Gasteiger partial charge in [0, 0.05) is 38.7 Å². The van der Waals surface area contributed by atoms with Crippen molar-refractivity contribution in [3.8, 4) is 0 Å². The van der Waals surface area contributed by atoms with Crippen LogP contribution >= 0.6 is 0 Å². The van der Waals surface area contributed by atoms with Gasteiger partial charge in [-0.15, -0.1) is 5.10 Å². The first-order valence-corrected chi connectivity index (χ1v) is 8.29. The van der Waals surface area contributed by atoms with Crippen LogP contribution in [0.25, 0.3) is 0 Å². The molecule has 1 aliphatic heterocycles. The number of aromatic amines is 1. The summed E-state index contributed by atoms with van der Waals surface area (Å²) in [7, 11) is 3.33. The zero-order valence-corrected chi connectivity index (χ0v) is 15.3. The molecule has 0 aromatic carbocycles. The average Bonchev–Trinajstić information content (AvgIpc) is 2.50. The lowest BCUT2D eigenvalue weighted by Gasteiger charge is -2.45. The van der Waals surface area contributed by atoms with Crippen molar-refractivity contribution >= 4 is 11.6 Å². The molecule has 1 aliphatic rings. The van der Waals surface area contributed by atoms with E-state index in [1.54, 1.807) is 0 Å². The van der Waals surface area contributed by atoms with Crippen molar-refractivity contribution in [3.63, 3.8) is 0 Å². The molecule has 2 aromatic rings. The third kappa shape index (κ3) is 3.29. The van der Waals surface area contributed by atoms with Crippen LogP contribution in [0.3, 0.4) is 0 Å². The summed E-state index contributed by atoms with van der Waals surface area (Å²) in [6, 6.07) is 5.65. The largest absolute Gasteiger partial charge is 0.354 e. The fraction of sp³-hybridized carbons (Fsp3) is 0.529. The highest BCUT2D eigenvalue weighted by atomic mass is 16.2. The van der Waals surface area contributed by atoms with Crippen LogP contribution in [0, 0.1) is 0 Å². The lowest BCUT2D eigenvalue weighted by Crippen LogP contribution is -2.59. The summed E-state index contributed by atoms with van der Waals surface area (Å²) in [6.07, 6.45) is 0. The highest BCUT2D eigenvalue weighted by Crippen LogP contribution is 2.25. The van der Waals surface area contributed by atoms with Gasteiger partial charge in [-0.05, 0) is 12.1 Å². The molecule has 25 heavy (non-hydrogen) atoms. The quantitative estimate of drug-likeness (QED) is 0.872. The molecule has 0 atom stereocenters. The van der Waals surface area contributed by atoms with Crippen LogP contribution in [0.1, 0.15) is 26.5 Å². The predicted octanol–water partition coefficient (Wildman–Crippen LogP) is 0.486. The molecule has 1 saturated heterocycles. The Morgan fingerprint density at radius 2 is 1.88 bits per heavy atom. The molecule has 134 valence electrons. The lowest BCUT2D eigenvalue weighted by atomic mass is 9.92. The highest BCUT2D eigenvalue weighted by molar-refractivity contribution is 5.47. The van der Waals surface area contributed by atoms with Crippen molar-refractivity contribution in [2.24, 2.45) is 7.05 Å². The fourth-order valence-corrected chi connectivity index (χ4v) is 2.71. The monoisotopic (exact) mass is 344 g/mol. The molecule has 1 N–H and O–H groups in total. The molecule has 0 unspecified atom stereocenters. The van der Waals surface area contributed by atoms with E-state index in [4.69, 9.17) is 0 Å². The first kappa shape index (κ1) is 17.2. The second-order valence-electron chi connectivity index (χ2n) is 7.55. The molecule has 8 nitrogen and oxygen atoms in total. The maximum Gasteiger partial charge on any atom is 0.329 e. The second-order valence-corrected chi connectivity index (χ2v) is 7.55. The van der Waals surface area contributed by atoms with Gasteiger partial charge >= 0.3 is 5.69 Å². The van der Waals surface area contributed by atoms with Gasteiger partial charge in [0.05, 0.1) is 11.7 Å². The Kier molecular flexibility index (Phi) is 4.14. The van der Waals surface area contributed by atoms with Gasteiger partial charge in [-0.1, -0.05) is 20.8 Å². The van der Waals surface area contributed by atoms with Crippen LogP contribution in [-0.4, -0.2) is 45.9 Å². The molecule has 0 aliphatic carbocycles. The summed E-state index contributed by atoms with van der Waals surface area (Å²) >= 11 is 0. The number of H-pyrrole nitrogens is 1. The van der Waals surface area contributed by atoms with Gasteiger partial charge in [0.2, 0.25) is 0 Å². The zero-order chi connectivity index (χ0) is 18.4. The maximum absolute atomic E-state index is 11.8. The predicted molar refractivity (Wildman–Crippen MR) is 97.4 cm³/mol. The van der Waals surface area contributed by atoms with Gasteiger partial charge in [0.15, 0.2) is 5.82 Å². The third-order valence-corrected chi connectivity index (χ3v) is 4.66. The van der Waals surface area contributed by atoms with Crippen LogP contribution in [0.15, 0.2) is 27.8 Å². The Morgan fingerprint density at radius 3 is 2.40 bits per heavy atom. The Balaban J connectivity index is 1.68. The molecule has 0 amide bonds. The normalized spacial score (nSPS) is 15.2. The maximum atomic E-state index is 11.8. The van der Waals surface area contributed by atoms with Crippen LogP contribution in [0.2, 0.25) is 0 Å². The molecule has 0 saturated carbocycles. The Bertz CT molecular complexity index is 840. The van der Waals surface area contributed by atoms with Crippen LogP contribution in [-0.2, 0) is 12.5 Å². The Labute approximate surface area is 146 Å². The summed E-state index contributed by atoms with van der Waals surface area (Å²) < 4.78 is 1.05. The fourth-order valence-electron chi connectivity index (χ4n) is 2.71. The van der Waals surface area contributed by atoms with E-state index >= 15 is 0 Å². The van der Waals surface area contributed by atoms with Gasteiger partial charge in [0.25, 0.3) is 5.56 Å². The first-order chi connectivity index (χ1) is 11.7. The number of hydrogen-bond donors (Lipinski definition) is 1. The van der Waals surface area contributed by atoms with Crippen molar-refractivity contribution in [2.45, 2.75) is 32.2 Å². The minimum absolute atomic E-state index is 0.0193. The molecule has 3 heterocycles. The third-order valence-electron chi connectivity index (χ3n) is 4.66. The number of nitrogens with one attached hydrogen (secondary N) is 1. The molecule has 3 rings (SSSR count). The van der Waals surface area contributed by atoms with Gasteiger partial charge in [-0.3, -0.25) is 14.3 Å². The molecular formula is C17H24N6O2. The van der Waals surface area contributed by atoms with E-state index in [1.165, 1.54) is 13.1 Å². The Hall–Kier alpha value is -2.64. The SMILES string of the molecule is CN(c1cc(=O)n(C)c(=O)[nH]1)C1CN(c2ccc(C(C)(C)C)nn2)C1. The summed E-state index contributed by atoms with van der Waals surface area (Å²) in [5.74, 6) is 1.38. The van der Waals surface area contributed by atoms with E-state index < -0.39 is 5.69 Å². The number of hydrogen-bond acceptors (Lipinski definition) is 6. The highest BCUT2D eigenvalue weighted by Gasteiger charge is 2.32. The molecule has 0 bridgehead atoms. The number of aromatic nitrogens is 4. The molecule has 1 fully saturated rings. The summed E-state index contributed by atoms with van der Waals surface area (Å²) in [5.41, 5.74) is 0.219. The molecule has 8 heteroatoms. The van der Waals surface area contributed by atoms with Gasteiger partial charge in [-0.25, -0.2) is 4.79 Å². The van der Waals surface area contributed by atoms with Crippen LogP contribution < -0.4 is 21.0 Å². The van der Waals surface area contributed by atoms with E-state index in [0.717, 1.165) is 29.2 Å². The summed E-state index contributed by atoms with van der Waals surface area (Å²) in [4.78, 5) is 30.3. The van der Waals surface area contributed by atoms with Crippen molar-refractivity contribution in [3.05, 3.63) is 44.7 Å². The van der Waals surface area contributed by atoms with Gasteiger partial charge in [0.1, 0.15) is 5.82 Å². The second kappa shape index (κ2) is 6.02. The van der Waals surface area contributed by atoms with E-state index in [1.807, 2.05) is 24.1 Å². The van der Waals surface area contributed by atoms with E-state index in [2.05, 4.69) is 40.9 Å². The number of likely N-dealkylation sites (N-methyl/N-ethyl adjacent to an activating group) is 1. The Morgan fingerprint density at radius 1 is 1.20 bits per heavy atom. The first-order valence-electron chi connectivity index (χ1n) is 8.29. The van der Waals surface area contributed by atoms with Crippen LogP contribution in [0.5, 0.6) is 0 Å². The summed E-state index contributed by atoms with van der Waals surface area (Å²) in [5, 5.41) is 8.64. The van der Waals surface area contributed by atoms with Gasteiger partial charge < -0.3 is 9.80 Å². The smallest absolute Gasteiger partial charge is 0.329 e. The number of rotatable bonds is 3. The molecule has 0 radical (unpaired) electrons. The topological polar surface area (TPSA) is 87.1 Å². The van der Waals surface area contributed by atoms with E-state index in [0.29, 0.717) is 5.82 Å². The number of nitrogens with zero attached hydrogens (tertiary/aromatic N) is 5. The minimum atomic E-state index is -0.408. The van der Waals surface area contributed by atoms with Crippen LogP contribution in [0.4, 0.5) is 11.6 Å². The molecular weight excluding hydrogens is 320 g/mol.